The van der Waals surface area contributed by atoms with Crippen molar-refractivity contribution in [2.45, 2.75) is 13.0 Å². The van der Waals surface area contributed by atoms with Crippen molar-refractivity contribution >= 4 is 6.29 Å². The number of aliphatic hydroxyl groups excluding tert-OH is 1. The van der Waals surface area contributed by atoms with Gasteiger partial charge in [-0.25, -0.2) is 4.98 Å². The second-order valence-corrected chi connectivity index (χ2v) is 4.19. The monoisotopic (exact) mass is 257 g/mol. The molecule has 0 saturated carbocycles. The molecule has 0 aliphatic carbocycles. The molecule has 0 aliphatic rings. The van der Waals surface area contributed by atoms with Gasteiger partial charge in [-0.05, 0) is 24.6 Å². The molecule has 98 valence electrons. The normalized spacial score (nSPS) is 11.9. The summed E-state index contributed by atoms with van der Waals surface area (Å²) in [5.74, 6) is 0.385. The van der Waals surface area contributed by atoms with Crippen LogP contribution in [-0.4, -0.2) is 23.0 Å². The SMILES string of the molecule is Cc1ccc(OCC(O)c2ccccc2)c(C=O)n1. The van der Waals surface area contributed by atoms with E-state index in [9.17, 15) is 9.90 Å². The van der Waals surface area contributed by atoms with Crippen LogP contribution in [0, 0.1) is 6.92 Å². The highest BCUT2D eigenvalue weighted by Gasteiger charge is 2.10. The van der Waals surface area contributed by atoms with Crippen LogP contribution in [0.5, 0.6) is 5.75 Å². The third-order valence-corrected chi connectivity index (χ3v) is 2.72. The topological polar surface area (TPSA) is 59.4 Å². The lowest BCUT2D eigenvalue weighted by atomic mass is 10.1. The van der Waals surface area contributed by atoms with Crippen molar-refractivity contribution in [1.82, 2.24) is 4.98 Å². The van der Waals surface area contributed by atoms with Crippen LogP contribution in [0.3, 0.4) is 0 Å². The summed E-state index contributed by atoms with van der Waals surface area (Å²) in [4.78, 5) is 15.0. The Bertz CT molecular complexity index is 555. The largest absolute Gasteiger partial charge is 0.488 e. The molecule has 0 saturated heterocycles. The summed E-state index contributed by atoms with van der Waals surface area (Å²) in [5, 5.41) is 9.97. The predicted molar refractivity (Wildman–Crippen MR) is 71.3 cm³/mol. The van der Waals surface area contributed by atoms with Gasteiger partial charge in [0.1, 0.15) is 24.2 Å². The minimum absolute atomic E-state index is 0.0790. The number of aryl methyl sites for hydroxylation is 1. The fourth-order valence-electron chi connectivity index (χ4n) is 1.71. The van der Waals surface area contributed by atoms with E-state index in [1.165, 1.54) is 0 Å². The molecule has 0 radical (unpaired) electrons. The van der Waals surface area contributed by atoms with Crippen molar-refractivity contribution in [3.63, 3.8) is 0 Å². The summed E-state index contributed by atoms with van der Waals surface area (Å²) < 4.78 is 5.46. The van der Waals surface area contributed by atoms with Crippen molar-refractivity contribution in [3.8, 4) is 5.75 Å². The van der Waals surface area contributed by atoms with Crippen LogP contribution >= 0.6 is 0 Å². The fraction of sp³-hybridized carbons (Fsp3) is 0.200. The van der Waals surface area contributed by atoms with Gasteiger partial charge in [0.2, 0.25) is 0 Å². The zero-order valence-electron chi connectivity index (χ0n) is 10.6. The first-order valence-corrected chi connectivity index (χ1v) is 5.99. The van der Waals surface area contributed by atoms with Gasteiger partial charge in [0, 0.05) is 5.69 Å². The molecule has 0 fully saturated rings. The van der Waals surface area contributed by atoms with Crippen molar-refractivity contribution in [2.75, 3.05) is 6.61 Å². The Balaban J connectivity index is 2.05. The Morgan fingerprint density at radius 3 is 2.68 bits per heavy atom. The maximum Gasteiger partial charge on any atom is 0.172 e. The van der Waals surface area contributed by atoms with Gasteiger partial charge in [0.05, 0.1) is 0 Å². The molecular weight excluding hydrogens is 242 g/mol. The molecule has 0 aliphatic heterocycles. The highest BCUT2D eigenvalue weighted by atomic mass is 16.5. The standard InChI is InChI=1S/C15H15NO3/c1-11-7-8-15(13(9-17)16-11)19-10-14(18)12-5-3-2-4-6-12/h2-9,14,18H,10H2,1H3. The molecular formula is C15H15NO3. The zero-order chi connectivity index (χ0) is 13.7. The molecule has 1 unspecified atom stereocenters. The quantitative estimate of drug-likeness (QED) is 0.835. The number of ether oxygens (including phenoxy) is 1. The number of nitrogens with zero attached hydrogens (tertiary/aromatic N) is 1. The second kappa shape index (κ2) is 6.11. The van der Waals surface area contributed by atoms with Gasteiger partial charge in [-0.1, -0.05) is 30.3 Å². The number of hydrogen-bond donors (Lipinski definition) is 1. The van der Waals surface area contributed by atoms with E-state index < -0.39 is 6.10 Å². The third-order valence-electron chi connectivity index (χ3n) is 2.72. The highest BCUT2D eigenvalue weighted by molar-refractivity contribution is 5.76. The molecule has 1 atom stereocenters. The Kier molecular flexibility index (Phi) is 4.26. The van der Waals surface area contributed by atoms with Gasteiger partial charge >= 0.3 is 0 Å². The Morgan fingerprint density at radius 2 is 2.00 bits per heavy atom. The van der Waals surface area contributed by atoms with Crippen LogP contribution in [0.4, 0.5) is 0 Å². The number of hydrogen-bond acceptors (Lipinski definition) is 4. The molecule has 0 amide bonds. The number of carbonyl (C=O) groups is 1. The van der Waals surface area contributed by atoms with E-state index in [2.05, 4.69) is 4.98 Å². The minimum atomic E-state index is -0.734. The van der Waals surface area contributed by atoms with Gasteiger partial charge < -0.3 is 9.84 Å². The Labute approximate surface area is 111 Å². The van der Waals surface area contributed by atoms with E-state index in [1.54, 1.807) is 19.1 Å². The Morgan fingerprint density at radius 1 is 1.26 bits per heavy atom. The number of carbonyl (C=O) groups excluding carboxylic acids is 1. The Hall–Kier alpha value is -2.20. The summed E-state index contributed by atoms with van der Waals surface area (Å²) in [5.41, 5.74) is 1.77. The molecule has 1 aromatic carbocycles. The van der Waals surface area contributed by atoms with E-state index in [0.29, 0.717) is 12.0 Å². The van der Waals surface area contributed by atoms with Gasteiger partial charge in [-0.15, -0.1) is 0 Å². The molecule has 2 rings (SSSR count). The van der Waals surface area contributed by atoms with Crippen LogP contribution < -0.4 is 4.74 Å². The number of benzene rings is 1. The number of aromatic nitrogens is 1. The van der Waals surface area contributed by atoms with E-state index in [1.807, 2.05) is 30.3 Å². The van der Waals surface area contributed by atoms with Crippen molar-refractivity contribution < 1.29 is 14.6 Å². The molecule has 4 nitrogen and oxygen atoms in total. The molecule has 19 heavy (non-hydrogen) atoms. The highest BCUT2D eigenvalue weighted by Crippen LogP contribution is 2.18. The first-order chi connectivity index (χ1) is 9.20. The van der Waals surface area contributed by atoms with Crippen LogP contribution in [0.2, 0.25) is 0 Å². The first kappa shape index (κ1) is 13.2. The maximum absolute atomic E-state index is 10.9. The summed E-state index contributed by atoms with van der Waals surface area (Å²) in [6.45, 7) is 1.88. The van der Waals surface area contributed by atoms with Crippen LogP contribution in [0.1, 0.15) is 27.8 Å². The van der Waals surface area contributed by atoms with E-state index >= 15 is 0 Å². The van der Waals surface area contributed by atoms with Crippen molar-refractivity contribution in [1.29, 1.82) is 0 Å². The van der Waals surface area contributed by atoms with Crippen LogP contribution in [0.15, 0.2) is 42.5 Å². The molecule has 1 heterocycles. The summed E-state index contributed by atoms with van der Waals surface area (Å²) in [6.07, 6.45) is -0.0842. The molecule has 1 aromatic heterocycles. The van der Waals surface area contributed by atoms with Gasteiger partial charge in [0.15, 0.2) is 6.29 Å². The summed E-state index contributed by atoms with van der Waals surface area (Å²) in [7, 11) is 0. The lowest BCUT2D eigenvalue weighted by Gasteiger charge is -2.13. The van der Waals surface area contributed by atoms with Gasteiger partial charge in [0.25, 0.3) is 0 Å². The summed E-state index contributed by atoms with van der Waals surface area (Å²) in [6, 6.07) is 12.7. The number of aliphatic hydroxyl groups is 1. The lowest BCUT2D eigenvalue weighted by Crippen LogP contribution is -2.11. The predicted octanol–water partition coefficient (Wildman–Crippen LogP) is 2.31. The zero-order valence-corrected chi connectivity index (χ0v) is 10.6. The molecule has 2 aromatic rings. The molecule has 4 heteroatoms. The lowest BCUT2D eigenvalue weighted by molar-refractivity contribution is 0.103. The number of aldehydes is 1. The number of pyridine rings is 1. The van der Waals surface area contributed by atoms with Crippen LogP contribution in [0.25, 0.3) is 0 Å². The molecule has 0 bridgehead atoms. The minimum Gasteiger partial charge on any atom is -0.488 e. The second-order valence-electron chi connectivity index (χ2n) is 4.19. The average Bonchev–Trinajstić information content (AvgIpc) is 2.46. The fourth-order valence-corrected chi connectivity index (χ4v) is 1.71. The van der Waals surface area contributed by atoms with Crippen LogP contribution in [-0.2, 0) is 0 Å². The molecule has 0 spiro atoms. The van der Waals surface area contributed by atoms with Crippen molar-refractivity contribution in [3.05, 3.63) is 59.4 Å². The third kappa shape index (κ3) is 3.39. The van der Waals surface area contributed by atoms with E-state index in [4.69, 9.17) is 4.74 Å². The van der Waals surface area contributed by atoms with Gasteiger partial charge in [-0.3, -0.25) is 4.79 Å². The van der Waals surface area contributed by atoms with Gasteiger partial charge in [-0.2, -0.15) is 0 Å². The summed E-state index contributed by atoms with van der Waals surface area (Å²) >= 11 is 0. The van der Waals surface area contributed by atoms with E-state index in [0.717, 1.165) is 11.3 Å². The van der Waals surface area contributed by atoms with Crippen molar-refractivity contribution in [2.24, 2.45) is 0 Å². The average molecular weight is 257 g/mol. The molecule has 1 N–H and O–H groups in total. The smallest absolute Gasteiger partial charge is 0.172 e. The maximum atomic E-state index is 10.9. The number of rotatable bonds is 5. The first-order valence-electron chi connectivity index (χ1n) is 5.99. The van der Waals surface area contributed by atoms with E-state index in [-0.39, 0.29) is 12.3 Å².